The highest BCUT2D eigenvalue weighted by Crippen LogP contribution is 2.51. The molecule has 2 N–H and O–H groups in total. The van der Waals surface area contributed by atoms with E-state index in [0.29, 0.717) is 24.1 Å². The highest BCUT2D eigenvalue weighted by molar-refractivity contribution is 8.15. The van der Waals surface area contributed by atoms with Crippen molar-refractivity contribution in [1.29, 1.82) is 0 Å². The van der Waals surface area contributed by atoms with Crippen molar-refractivity contribution in [3.05, 3.63) is 23.8 Å². The average Bonchev–Trinajstić information content (AvgIpc) is 2.71. The van der Waals surface area contributed by atoms with Crippen molar-refractivity contribution in [1.82, 2.24) is 9.88 Å². The number of thioether (sulfide) groups is 1. The summed E-state index contributed by atoms with van der Waals surface area (Å²) in [6.07, 6.45) is 0.701. The van der Waals surface area contributed by atoms with Gasteiger partial charge >= 0.3 is 6.09 Å². The first kappa shape index (κ1) is 30.5. The summed E-state index contributed by atoms with van der Waals surface area (Å²) in [5.74, 6) is -0.853. The molecule has 1 aliphatic rings. The van der Waals surface area contributed by atoms with E-state index in [0.717, 1.165) is 6.04 Å². The van der Waals surface area contributed by atoms with Crippen LogP contribution in [0.2, 0.25) is 25.7 Å². The Morgan fingerprint density at radius 2 is 1.94 bits per heavy atom. The zero-order chi connectivity index (χ0) is 27.5. The Bertz CT molecular complexity index is 968. The van der Waals surface area contributed by atoms with Gasteiger partial charge in [0.25, 0.3) is 0 Å². The maximum atomic E-state index is 15.1. The van der Waals surface area contributed by atoms with Gasteiger partial charge in [-0.3, -0.25) is 4.99 Å². The topological polar surface area (TPSA) is 99.3 Å². The molecule has 0 saturated heterocycles. The van der Waals surface area contributed by atoms with E-state index in [1.54, 1.807) is 33.9 Å². The van der Waals surface area contributed by atoms with Gasteiger partial charge < -0.3 is 19.9 Å². The molecule has 3 atom stereocenters. The number of nitrogens with two attached hydrogens (primary N) is 1. The van der Waals surface area contributed by atoms with Crippen LogP contribution in [0.25, 0.3) is 0 Å². The minimum atomic E-state index is -1.33. The summed E-state index contributed by atoms with van der Waals surface area (Å²) < 4.78 is 31.8. The van der Waals surface area contributed by atoms with E-state index in [1.165, 1.54) is 22.9 Å². The fourth-order valence-corrected chi connectivity index (χ4v) is 6.15. The van der Waals surface area contributed by atoms with E-state index in [2.05, 4.69) is 24.6 Å². The quantitative estimate of drug-likeness (QED) is 0.194. The minimum absolute atomic E-state index is 0.0313. The predicted molar refractivity (Wildman–Crippen MR) is 147 cm³/mol. The molecule has 36 heavy (non-hydrogen) atoms. The number of nitrogen functional groups attached to an aromatic ring is 1. The minimum Gasteiger partial charge on any atom is -0.443 e. The van der Waals surface area contributed by atoms with E-state index in [4.69, 9.17) is 24.9 Å². The summed E-state index contributed by atoms with van der Waals surface area (Å²) >= 11 is 1.40. The van der Waals surface area contributed by atoms with Gasteiger partial charge in [0.1, 0.15) is 12.3 Å². The number of carbonyl (C=O) groups is 1. The number of rotatable bonds is 8. The predicted octanol–water partition coefficient (Wildman–Crippen LogP) is 5.71. The van der Waals surface area contributed by atoms with Gasteiger partial charge in [0.2, 0.25) is 5.95 Å². The van der Waals surface area contributed by atoms with Crippen molar-refractivity contribution >= 4 is 36.8 Å². The van der Waals surface area contributed by atoms with E-state index < -0.39 is 36.0 Å². The van der Waals surface area contributed by atoms with Crippen LogP contribution in [-0.2, 0) is 19.7 Å². The van der Waals surface area contributed by atoms with Gasteiger partial charge in [-0.25, -0.2) is 14.7 Å². The largest absolute Gasteiger partial charge is 0.443 e. The molecule has 1 aromatic heterocycles. The van der Waals surface area contributed by atoms with E-state index in [-0.39, 0.29) is 18.2 Å². The van der Waals surface area contributed by atoms with E-state index in [9.17, 15) is 4.79 Å². The van der Waals surface area contributed by atoms with Crippen molar-refractivity contribution in [2.75, 3.05) is 32.8 Å². The highest BCUT2D eigenvalue weighted by atomic mass is 32.2. The second-order valence-electron chi connectivity index (χ2n) is 12.0. The summed E-state index contributed by atoms with van der Waals surface area (Å²) in [6, 6.07) is 2.51. The molecule has 204 valence electrons. The Kier molecular flexibility index (Phi) is 9.64. The van der Waals surface area contributed by atoms with Gasteiger partial charge in [-0.05, 0) is 46.7 Å². The summed E-state index contributed by atoms with van der Waals surface area (Å²) in [5.41, 5.74) is 4.78. The standard InChI is InChI=1S/C25H43FN4O4SSi/c1-17-24(5,15-32-7)35-21(29-25(17,6)19-13-18(27)14-28-20(19)26)30(22(31)34-23(2,3)4)16-33-11-12-36(8,9)10/h13-14,17H,11-12,15-16,27H2,1-10H3/t17?,24-,25+/m1/s1. The molecule has 11 heteroatoms. The van der Waals surface area contributed by atoms with Crippen LogP contribution < -0.4 is 5.73 Å². The molecular weight excluding hydrogens is 499 g/mol. The van der Waals surface area contributed by atoms with Crippen LogP contribution in [0, 0.1) is 11.9 Å². The molecule has 2 heterocycles. The van der Waals surface area contributed by atoms with Gasteiger partial charge in [-0.15, -0.1) is 0 Å². The lowest BCUT2D eigenvalue weighted by Gasteiger charge is -2.48. The summed E-state index contributed by atoms with van der Waals surface area (Å²) in [4.78, 5) is 23.6. The van der Waals surface area contributed by atoms with Gasteiger partial charge in [-0.2, -0.15) is 4.39 Å². The average molecular weight is 543 g/mol. The Morgan fingerprint density at radius 1 is 1.31 bits per heavy atom. The van der Waals surface area contributed by atoms with Crippen molar-refractivity contribution in [2.24, 2.45) is 10.9 Å². The number of nitrogens with zero attached hydrogens (tertiary/aromatic N) is 3. The Morgan fingerprint density at radius 3 is 2.50 bits per heavy atom. The van der Waals surface area contributed by atoms with Gasteiger partial charge in [-0.1, -0.05) is 38.3 Å². The first-order valence-electron chi connectivity index (χ1n) is 12.2. The van der Waals surface area contributed by atoms with E-state index in [1.807, 2.05) is 20.8 Å². The van der Waals surface area contributed by atoms with Crippen molar-refractivity contribution < 1.29 is 23.4 Å². The molecule has 0 spiro atoms. The molecule has 1 amide bonds. The molecular formula is C25H43FN4O4SSi. The number of aromatic nitrogens is 1. The first-order chi connectivity index (χ1) is 16.4. The highest BCUT2D eigenvalue weighted by Gasteiger charge is 2.52. The van der Waals surface area contributed by atoms with Crippen molar-refractivity contribution in [3.63, 3.8) is 0 Å². The number of ether oxygens (including phenoxy) is 3. The molecule has 0 aliphatic carbocycles. The first-order valence-corrected chi connectivity index (χ1v) is 16.7. The molecule has 0 fully saturated rings. The van der Waals surface area contributed by atoms with Crippen molar-refractivity contribution in [2.45, 2.75) is 83.1 Å². The third kappa shape index (κ3) is 7.66. The summed E-state index contributed by atoms with van der Waals surface area (Å²) in [7, 11) is 0.292. The fraction of sp³-hybridized carbons (Fsp3) is 0.720. The Balaban J connectivity index is 2.59. The zero-order valence-electron chi connectivity index (χ0n) is 23.4. The van der Waals surface area contributed by atoms with Crippen LogP contribution in [0.4, 0.5) is 14.9 Å². The van der Waals surface area contributed by atoms with Gasteiger partial charge in [0.05, 0.1) is 24.0 Å². The maximum Gasteiger partial charge on any atom is 0.418 e. The number of anilines is 1. The van der Waals surface area contributed by atoms with Crippen LogP contribution in [-0.4, -0.2) is 66.6 Å². The fourth-order valence-electron chi connectivity index (χ4n) is 3.92. The molecule has 0 saturated carbocycles. The molecule has 0 aromatic carbocycles. The SMILES string of the molecule is COC[C@@]1(C)SC(N(COCC[Si](C)(C)C)C(=O)OC(C)(C)C)=N[C@](C)(c2cc(N)cnc2F)C1C. The number of hydrogen-bond acceptors (Lipinski definition) is 8. The molecule has 2 rings (SSSR count). The number of halogens is 1. The second-order valence-corrected chi connectivity index (χ2v) is 19.1. The Hall–Kier alpha value is -1.69. The molecule has 1 aliphatic heterocycles. The number of hydrogen-bond donors (Lipinski definition) is 1. The third-order valence-corrected chi connectivity index (χ3v) is 9.45. The van der Waals surface area contributed by atoms with Crippen molar-refractivity contribution in [3.8, 4) is 0 Å². The summed E-state index contributed by atoms with van der Waals surface area (Å²) in [6.45, 7) is 18.9. The lowest BCUT2D eigenvalue weighted by atomic mass is 9.74. The number of pyridine rings is 1. The smallest absolute Gasteiger partial charge is 0.418 e. The lowest BCUT2D eigenvalue weighted by Crippen LogP contribution is -2.53. The van der Waals surface area contributed by atoms with Crippen LogP contribution in [0.15, 0.2) is 17.3 Å². The molecule has 1 unspecified atom stereocenters. The number of amidine groups is 1. The van der Waals surface area contributed by atoms with E-state index >= 15 is 4.39 Å². The number of carbonyl (C=O) groups excluding carboxylic acids is 1. The van der Waals surface area contributed by atoms with Crippen LogP contribution in [0.3, 0.4) is 0 Å². The van der Waals surface area contributed by atoms with Gasteiger partial charge in [0, 0.05) is 38.0 Å². The number of amides is 1. The van der Waals surface area contributed by atoms with Crippen LogP contribution in [0.1, 0.15) is 47.1 Å². The lowest BCUT2D eigenvalue weighted by molar-refractivity contribution is 0.0106. The molecule has 1 aromatic rings. The third-order valence-electron chi connectivity index (χ3n) is 6.31. The summed E-state index contributed by atoms with van der Waals surface area (Å²) in [5, 5.41) is 0.374. The second kappa shape index (κ2) is 11.4. The molecule has 0 radical (unpaired) electrons. The Labute approximate surface area is 220 Å². The zero-order valence-corrected chi connectivity index (χ0v) is 25.2. The molecule has 8 nitrogen and oxygen atoms in total. The van der Waals surface area contributed by atoms with Gasteiger partial charge in [0.15, 0.2) is 5.17 Å². The maximum absolute atomic E-state index is 15.1. The number of methoxy groups -OCH3 is 1. The monoisotopic (exact) mass is 542 g/mol. The normalized spacial score (nSPS) is 24.9. The van der Waals surface area contributed by atoms with Crippen LogP contribution >= 0.6 is 11.8 Å². The molecule has 0 bridgehead atoms. The number of aliphatic imine (C=N–C) groups is 1. The van der Waals surface area contributed by atoms with Crippen LogP contribution in [0.5, 0.6) is 0 Å².